The second-order valence-electron chi connectivity index (χ2n) is 2.96. The van der Waals surface area contributed by atoms with E-state index in [1.807, 2.05) is 0 Å². The molecule has 0 saturated heterocycles. The van der Waals surface area contributed by atoms with Gasteiger partial charge < -0.3 is 4.74 Å². The molecule has 0 N–H and O–H groups in total. The zero-order valence-corrected chi connectivity index (χ0v) is 10.5. The average Bonchev–Trinajstić information content (AvgIpc) is 2.13. The van der Waals surface area contributed by atoms with Crippen molar-refractivity contribution in [3.8, 4) is 5.75 Å². The van der Waals surface area contributed by atoms with Crippen LogP contribution in [0.25, 0.3) is 0 Å². The fraction of sp³-hybridized carbons (Fsp3) is 0.375. The highest BCUT2D eigenvalue weighted by Crippen LogP contribution is 2.43. The van der Waals surface area contributed by atoms with Gasteiger partial charge in [0.05, 0.1) is 0 Å². The summed E-state index contributed by atoms with van der Waals surface area (Å²) in [5.74, 6) is -1.40. The minimum absolute atomic E-state index is 0.300. The molecule has 0 aliphatic rings. The largest absolute Gasteiger partial charge is 0.573 e. The molecule has 0 unspecified atom stereocenters. The molecular weight excluding hydrogens is 355 g/mol. The van der Waals surface area contributed by atoms with Gasteiger partial charge in [-0.25, -0.2) is 4.98 Å². The molecule has 0 saturated carbocycles. The van der Waals surface area contributed by atoms with Gasteiger partial charge in [-0.2, -0.15) is 13.2 Å². The Morgan fingerprint density at radius 2 is 1.78 bits per heavy atom. The number of hydrogen-bond donors (Lipinski definition) is 0. The summed E-state index contributed by atoms with van der Waals surface area (Å²) in [4.78, 5) is 3.18. The second-order valence-corrected chi connectivity index (χ2v) is 3.88. The smallest absolute Gasteiger partial charge is 0.405 e. The third kappa shape index (κ3) is 3.64. The molecule has 1 aromatic heterocycles. The van der Waals surface area contributed by atoms with Crippen LogP contribution in [0.3, 0.4) is 0 Å². The van der Waals surface area contributed by atoms with Crippen molar-refractivity contribution in [1.82, 2.24) is 4.98 Å². The third-order valence-electron chi connectivity index (χ3n) is 1.70. The van der Waals surface area contributed by atoms with Crippen molar-refractivity contribution in [1.29, 1.82) is 0 Å². The average molecular weight is 358 g/mol. The van der Waals surface area contributed by atoms with Gasteiger partial charge in [-0.1, -0.05) is 27.5 Å². The number of halogens is 8. The van der Waals surface area contributed by atoms with Crippen molar-refractivity contribution in [2.45, 2.75) is 17.9 Å². The Balaban J connectivity index is 3.47. The van der Waals surface area contributed by atoms with Crippen LogP contribution in [0.2, 0.25) is 5.15 Å². The molecule has 0 atom stereocenters. The van der Waals surface area contributed by atoms with Gasteiger partial charge >= 0.3 is 12.5 Å². The molecule has 0 spiro atoms. The van der Waals surface area contributed by atoms with E-state index in [1.54, 1.807) is 0 Å². The van der Waals surface area contributed by atoms with Crippen molar-refractivity contribution < 1.29 is 31.1 Å². The van der Waals surface area contributed by atoms with E-state index in [0.717, 1.165) is 6.20 Å². The summed E-state index contributed by atoms with van der Waals surface area (Å²) in [5, 5.41) is -1.41. The Hall–Kier alpha value is -0.700. The lowest BCUT2D eigenvalue weighted by atomic mass is 10.2. The molecule has 0 amide bonds. The zero-order valence-electron chi connectivity index (χ0n) is 8.16. The number of hydrogen-bond acceptors (Lipinski definition) is 2. The van der Waals surface area contributed by atoms with Crippen molar-refractivity contribution in [2.75, 3.05) is 0 Å². The summed E-state index contributed by atoms with van der Waals surface area (Å²) < 4.78 is 77.5. The molecule has 2 nitrogen and oxygen atoms in total. The van der Waals surface area contributed by atoms with E-state index in [4.69, 9.17) is 11.6 Å². The summed E-state index contributed by atoms with van der Waals surface area (Å²) in [6.45, 7) is 0. The fourth-order valence-corrected chi connectivity index (χ4v) is 1.73. The molecule has 0 radical (unpaired) electrons. The molecule has 0 aliphatic heterocycles. The summed E-state index contributed by atoms with van der Waals surface area (Å²) in [5.41, 5.74) is -2.16. The first-order valence-electron chi connectivity index (χ1n) is 4.12. The summed E-state index contributed by atoms with van der Waals surface area (Å²) in [6.07, 6.45) is -9.60. The zero-order chi connectivity index (χ0) is 14.1. The summed E-state index contributed by atoms with van der Waals surface area (Å²) >= 11 is 7.92. The second kappa shape index (κ2) is 5.12. The Bertz CT molecular complexity index is 446. The maximum atomic E-state index is 12.6. The van der Waals surface area contributed by atoms with E-state index in [0.29, 0.717) is 0 Å². The molecule has 10 heteroatoms. The molecule has 18 heavy (non-hydrogen) atoms. The Morgan fingerprint density at radius 1 is 1.22 bits per heavy atom. The van der Waals surface area contributed by atoms with Crippen LogP contribution in [-0.2, 0) is 11.5 Å². The van der Waals surface area contributed by atoms with E-state index in [1.165, 1.54) is 0 Å². The van der Waals surface area contributed by atoms with Gasteiger partial charge in [0, 0.05) is 17.1 Å². The lowest BCUT2D eigenvalue weighted by Gasteiger charge is -2.18. The van der Waals surface area contributed by atoms with Crippen LogP contribution in [-0.4, -0.2) is 11.3 Å². The van der Waals surface area contributed by atoms with Gasteiger partial charge in [-0.15, -0.1) is 13.2 Å². The van der Waals surface area contributed by atoms with Gasteiger partial charge in [0.25, 0.3) is 0 Å². The van der Waals surface area contributed by atoms with Crippen LogP contribution >= 0.6 is 27.5 Å². The molecule has 0 bridgehead atoms. The van der Waals surface area contributed by atoms with Crippen molar-refractivity contribution in [2.24, 2.45) is 0 Å². The van der Waals surface area contributed by atoms with Crippen LogP contribution in [0.1, 0.15) is 11.1 Å². The molecule has 1 rings (SSSR count). The van der Waals surface area contributed by atoms with Gasteiger partial charge in [0.2, 0.25) is 0 Å². The van der Waals surface area contributed by atoms with Crippen LogP contribution in [0.4, 0.5) is 26.3 Å². The number of alkyl halides is 7. The maximum absolute atomic E-state index is 12.6. The van der Waals surface area contributed by atoms with Gasteiger partial charge in [-0.05, 0) is 0 Å². The quantitative estimate of drug-likeness (QED) is 0.440. The molecule has 0 aliphatic carbocycles. The van der Waals surface area contributed by atoms with Gasteiger partial charge in [0.15, 0.2) is 0 Å². The van der Waals surface area contributed by atoms with E-state index < -0.39 is 34.6 Å². The number of nitrogens with zero attached hydrogens (tertiary/aromatic N) is 1. The monoisotopic (exact) mass is 357 g/mol. The number of ether oxygens (including phenoxy) is 1. The molecule has 102 valence electrons. The van der Waals surface area contributed by atoms with Gasteiger partial charge in [-0.3, -0.25) is 0 Å². The fourth-order valence-electron chi connectivity index (χ4n) is 1.09. The first-order valence-corrected chi connectivity index (χ1v) is 5.62. The molecule has 1 aromatic rings. The number of pyridine rings is 1. The Labute approximate surface area is 110 Å². The highest BCUT2D eigenvalue weighted by atomic mass is 79.9. The summed E-state index contributed by atoms with van der Waals surface area (Å²) in [7, 11) is 0. The Morgan fingerprint density at radius 3 is 2.17 bits per heavy atom. The Kier molecular flexibility index (Phi) is 4.37. The lowest BCUT2D eigenvalue weighted by molar-refractivity contribution is -0.276. The highest BCUT2D eigenvalue weighted by molar-refractivity contribution is 9.08. The minimum atomic E-state index is -5.26. The van der Waals surface area contributed by atoms with Crippen LogP contribution in [0, 0.1) is 0 Å². The van der Waals surface area contributed by atoms with Gasteiger partial charge in [0.1, 0.15) is 16.5 Å². The predicted molar refractivity (Wildman–Crippen MR) is 53.6 cm³/mol. The number of rotatable bonds is 2. The topological polar surface area (TPSA) is 22.1 Å². The first-order chi connectivity index (χ1) is 8.06. The predicted octanol–water partition coefficient (Wildman–Crippen LogP) is 4.55. The van der Waals surface area contributed by atoms with Crippen molar-refractivity contribution in [3.63, 3.8) is 0 Å². The third-order valence-corrected chi connectivity index (χ3v) is 2.59. The normalized spacial score (nSPS) is 12.7. The summed E-state index contributed by atoms with van der Waals surface area (Å²) in [6, 6.07) is 0. The molecule has 0 fully saturated rings. The van der Waals surface area contributed by atoms with E-state index in [9.17, 15) is 26.3 Å². The van der Waals surface area contributed by atoms with E-state index in [-0.39, 0.29) is 5.33 Å². The molecule has 1 heterocycles. The first kappa shape index (κ1) is 15.4. The maximum Gasteiger partial charge on any atom is 0.573 e. The molecule has 0 aromatic carbocycles. The van der Waals surface area contributed by atoms with E-state index in [2.05, 4.69) is 25.7 Å². The van der Waals surface area contributed by atoms with Crippen LogP contribution in [0.15, 0.2) is 6.20 Å². The SMILES string of the molecule is FC(F)(F)Oc1c(CBr)cnc(Cl)c1C(F)(F)F. The lowest BCUT2D eigenvalue weighted by Crippen LogP contribution is -2.22. The van der Waals surface area contributed by atoms with Crippen molar-refractivity contribution >= 4 is 27.5 Å². The van der Waals surface area contributed by atoms with Crippen molar-refractivity contribution in [3.05, 3.63) is 22.5 Å². The minimum Gasteiger partial charge on any atom is -0.405 e. The standard InChI is InChI=1S/C8H3BrClF6NO/c9-1-3-2-17-6(10)4(7(11,12)13)5(3)18-8(14,15)16/h2H,1H2. The van der Waals surface area contributed by atoms with Crippen LogP contribution in [0.5, 0.6) is 5.75 Å². The molecular formula is C8H3BrClF6NO. The highest BCUT2D eigenvalue weighted by Gasteiger charge is 2.43. The van der Waals surface area contributed by atoms with Crippen LogP contribution < -0.4 is 4.74 Å². The van der Waals surface area contributed by atoms with E-state index >= 15 is 0 Å². The number of aromatic nitrogens is 1.